The maximum Gasteiger partial charge on any atom is 0.234 e. The van der Waals surface area contributed by atoms with Crippen LogP contribution < -0.4 is 5.32 Å². The first-order chi connectivity index (χ1) is 9.95. The number of amides is 1. The third-order valence-electron chi connectivity index (χ3n) is 2.90. The molecule has 0 radical (unpaired) electrons. The van der Waals surface area contributed by atoms with Crippen LogP contribution in [-0.4, -0.2) is 11.7 Å². The Morgan fingerprint density at radius 1 is 1.24 bits per heavy atom. The van der Waals surface area contributed by atoms with Crippen LogP contribution in [0.25, 0.3) is 0 Å². The summed E-state index contributed by atoms with van der Waals surface area (Å²) in [6.07, 6.45) is 0. The molecule has 0 bridgehead atoms. The third kappa shape index (κ3) is 4.48. The number of anilines is 1. The van der Waals surface area contributed by atoms with E-state index in [4.69, 9.17) is 11.6 Å². The number of benzene rings is 2. The summed E-state index contributed by atoms with van der Waals surface area (Å²) in [6.45, 7) is 4.00. The molecular formula is C16H15ClFNOS. The van der Waals surface area contributed by atoms with Crippen molar-refractivity contribution in [2.75, 3.05) is 11.1 Å². The predicted octanol–water partition coefficient (Wildman–Crippen LogP) is 4.83. The van der Waals surface area contributed by atoms with E-state index in [-0.39, 0.29) is 17.3 Å². The molecule has 1 N–H and O–H groups in total. The maximum atomic E-state index is 13.5. The van der Waals surface area contributed by atoms with Crippen LogP contribution in [0.15, 0.2) is 41.3 Å². The van der Waals surface area contributed by atoms with E-state index in [1.54, 1.807) is 0 Å². The molecule has 110 valence electrons. The highest BCUT2D eigenvalue weighted by molar-refractivity contribution is 8.00. The van der Waals surface area contributed by atoms with Crippen molar-refractivity contribution in [2.45, 2.75) is 18.7 Å². The number of carbonyl (C=O) groups is 1. The molecule has 0 spiro atoms. The maximum absolute atomic E-state index is 13.5. The third-order valence-corrected chi connectivity index (χ3v) is 4.30. The largest absolute Gasteiger partial charge is 0.323 e. The second-order valence-electron chi connectivity index (χ2n) is 4.73. The summed E-state index contributed by atoms with van der Waals surface area (Å²) < 4.78 is 13.5. The number of rotatable bonds is 4. The molecule has 0 fully saturated rings. The molecule has 21 heavy (non-hydrogen) atoms. The van der Waals surface area contributed by atoms with Gasteiger partial charge in [0, 0.05) is 9.92 Å². The Morgan fingerprint density at radius 2 is 2.00 bits per heavy atom. The zero-order chi connectivity index (χ0) is 15.4. The van der Waals surface area contributed by atoms with Crippen molar-refractivity contribution in [3.63, 3.8) is 0 Å². The number of carbonyl (C=O) groups excluding carboxylic acids is 1. The SMILES string of the molecule is Cc1ccc(C)c(SCC(=O)Nc2cc(Cl)ccc2F)c1. The zero-order valence-electron chi connectivity index (χ0n) is 11.7. The highest BCUT2D eigenvalue weighted by Crippen LogP contribution is 2.24. The average Bonchev–Trinajstić information content (AvgIpc) is 2.44. The Morgan fingerprint density at radius 3 is 2.76 bits per heavy atom. The minimum absolute atomic E-state index is 0.106. The molecule has 2 rings (SSSR count). The topological polar surface area (TPSA) is 29.1 Å². The fourth-order valence-corrected chi connectivity index (χ4v) is 2.88. The van der Waals surface area contributed by atoms with Crippen molar-refractivity contribution in [1.29, 1.82) is 0 Å². The van der Waals surface area contributed by atoms with E-state index in [2.05, 4.69) is 5.32 Å². The van der Waals surface area contributed by atoms with E-state index in [0.717, 1.165) is 16.0 Å². The molecule has 2 nitrogen and oxygen atoms in total. The average molecular weight is 324 g/mol. The molecule has 0 atom stereocenters. The summed E-state index contributed by atoms with van der Waals surface area (Å²) in [7, 11) is 0. The minimum atomic E-state index is -0.496. The number of nitrogens with one attached hydrogen (secondary N) is 1. The van der Waals surface area contributed by atoms with Gasteiger partial charge >= 0.3 is 0 Å². The van der Waals surface area contributed by atoms with Crippen LogP contribution in [0.3, 0.4) is 0 Å². The van der Waals surface area contributed by atoms with Gasteiger partial charge in [-0.3, -0.25) is 4.79 Å². The first kappa shape index (κ1) is 15.9. The lowest BCUT2D eigenvalue weighted by atomic mass is 10.2. The summed E-state index contributed by atoms with van der Waals surface area (Å²) in [5.74, 6) is -0.539. The first-order valence-electron chi connectivity index (χ1n) is 6.40. The Hall–Kier alpha value is -1.52. The van der Waals surface area contributed by atoms with Gasteiger partial charge in [-0.05, 0) is 43.7 Å². The van der Waals surface area contributed by atoms with Crippen molar-refractivity contribution >= 4 is 35.0 Å². The lowest BCUT2D eigenvalue weighted by Crippen LogP contribution is -2.15. The van der Waals surface area contributed by atoms with Crippen LogP contribution in [0.5, 0.6) is 0 Å². The molecule has 0 saturated carbocycles. The minimum Gasteiger partial charge on any atom is -0.323 e. The highest BCUT2D eigenvalue weighted by Gasteiger charge is 2.09. The van der Waals surface area contributed by atoms with Gasteiger partial charge in [-0.15, -0.1) is 11.8 Å². The van der Waals surface area contributed by atoms with Crippen molar-refractivity contribution in [3.8, 4) is 0 Å². The second kappa shape index (κ2) is 6.96. The number of hydrogen-bond donors (Lipinski definition) is 1. The van der Waals surface area contributed by atoms with E-state index in [1.807, 2.05) is 32.0 Å². The summed E-state index contributed by atoms with van der Waals surface area (Å²) in [4.78, 5) is 13.0. The quantitative estimate of drug-likeness (QED) is 0.817. The number of hydrogen-bond acceptors (Lipinski definition) is 2. The van der Waals surface area contributed by atoms with Crippen LogP contribution in [-0.2, 0) is 4.79 Å². The van der Waals surface area contributed by atoms with Crippen LogP contribution in [0.4, 0.5) is 10.1 Å². The second-order valence-corrected chi connectivity index (χ2v) is 6.18. The Balaban J connectivity index is 1.99. The molecule has 2 aromatic carbocycles. The zero-order valence-corrected chi connectivity index (χ0v) is 13.3. The molecule has 0 aliphatic carbocycles. The van der Waals surface area contributed by atoms with E-state index >= 15 is 0 Å². The van der Waals surface area contributed by atoms with Crippen molar-refractivity contribution in [1.82, 2.24) is 0 Å². The Bertz CT molecular complexity index is 675. The van der Waals surface area contributed by atoms with Crippen LogP contribution in [0, 0.1) is 19.7 Å². The fourth-order valence-electron chi connectivity index (χ4n) is 1.79. The molecule has 0 aliphatic rings. The van der Waals surface area contributed by atoms with Crippen LogP contribution in [0.1, 0.15) is 11.1 Å². The van der Waals surface area contributed by atoms with Gasteiger partial charge in [0.2, 0.25) is 5.91 Å². The monoisotopic (exact) mass is 323 g/mol. The smallest absolute Gasteiger partial charge is 0.234 e. The summed E-state index contributed by atoms with van der Waals surface area (Å²) in [5, 5.41) is 2.92. The molecule has 0 aromatic heterocycles. The Kier molecular flexibility index (Phi) is 5.26. The van der Waals surface area contributed by atoms with Crippen molar-refractivity contribution in [3.05, 3.63) is 58.4 Å². The molecule has 1 amide bonds. The molecule has 2 aromatic rings. The molecule has 0 saturated heterocycles. The van der Waals surface area contributed by atoms with E-state index < -0.39 is 5.82 Å². The van der Waals surface area contributed by atoms with E-state index in [1.165, 1.54) is 30.0 Å². The van der Waals surface area contributed by atoms with Crippen molar-refractivity contribution < 1.29 is 9.18 Å². The lowest BCUT2D eigenvalue weighted by molar-refractivity contribution is -0.113. The molecule has 5 heteroatoms. The number of aryl methyl sites for hydroxylation is 2. The van der Waals surface area contributed by atoms with Crippen LogP contribution in [0.2, 0.25) is 5.02 Å². The van der Waals surface area contributed by atoms with E-state index in [9.17, 15) is 9.18 Å². The normalized spacial score (nSPS) is 10.5. The van der Waals surface area contributed by atoms with Gasteiger partial charge in [0.05, 0.1) is 11.4 Å². The van der Waals surface area contributed by atoms with Gasteiger partial charge in [0.15, 0.2) is 0 Å². The van der Waals surface area contributed by atoms with Crippen LogP contribution >= 0.6 is 23.4 Å². The van der Waals surface area contributed by atoms with Crippen molar-refractivity contribution in [2.24, 2.45) is 0 Å². The predicted molar refractivity (Wildman–Crippen MR) is 86.7 cm³/mol. The van der Waals surface area contributed by atoms with Gasteiger partial charge < -0.3 is 5.32 Å². The Labute approximate surface area is 132 Å². The number of halogens is 2. The standard InChI is InChI=1S/C16H15ClFNOS/c1-10-3-4-11(2)15(7-10)21-9-16(20)19-14-8-12(17)5-6-13(14)18/h3-8H,9H2,1-2H3,(H,19,20). The molecule has 0 aliphatic heterocycles. The van der Waals surface area contributed by atoms with Gasteiger partial charge in [-0.2, -0.15) is 0 Å². The highest BCUT2D eigenvalue weighted by atomic mass is 35.5. The lowest BCUT2D eigenvalue weighted by Gasteiger charge is -2.08. The van der Waals surface area contributed by atoms with E-state index in [0.29, 0.717) is 5.02 Å². The molecular weight excluding hydrogens is 309 g/mol. The van der Waals surface area contributed by atoms with Gasteiger partial charge in [-0.1, -0.05) is 29.3 Å². The van der Waals surface area contributed by atoms with Gasteiger partial charge in [0.25, 0.3) is 0 Å². The van der Waals surface area contributed by atoms with Gasteiger partial charge in [-0.25, -0.2) is 4.39 Å². The summed E-state index contributed by atoms with van der Waals surface area (Å²) in [6, 6.07) is 10.2. The fraction of sp³-hybridized carbons (Fsp3) is 0.188. The molecule has 0 unspecified atom stereocenters. The number of thioether (sulfide) groups is 1. The van der Waals surface area contributed by atoms with Gasteiger partial charge in [0.1, 0.15) is 5.82 Å². The first-order valence-corrected chi connectivity index (χ1v) is 7.77. The summed E-state index contributed by atoms with van der Waals surface area (Å²) >= 11 is 7.22. The summed E-state index contributed by atoms with van der Waals surface area (Å²) in [5.41, 5.74) is 2.37. The molecule has 0 heterocycles.